The van der Waals surface area contributed by atoms with E-state index in [9.17, 15) is 13.6 Å². The maximum Gasteiger partial charge on any atom is 0.272 e. The number of likely N-dealkylation sites (tertiary alicyclic amines) is 1. The quantitative estimate of drug-likeness (QED) is 0.307. The first-order valence-corrected chi connectivity index (χ1v) is 13.0. The van der Waals surface area contributed by atoms with Crippen molar-refractivity contribution in [1.29, 1.82) is 0 Å². The standard InChI is InChI=1S/C30H32F2N4O/c31-23-13-9-21(10-14-23)26(22-11-15-24(32)16-12-22)8-4-19-36-18-3-5-25(17-20-36)33-29-27-6-1-2-7-28(27)30(37)35-34-29/h1-2,6-7,9-16,25-26H,3-5,8,17-20H2,(H,33,34)(H,35,37). The lowest BCUT2D eigenvalue weighted by molar-refractivity contribution is 0.276. The van der Waals surface area contributed by atoms with E-state index in [1.54, 1.807) is 0 Å². The summed E-state index contributed by atoms with van der Waals surface area (Å²) in [5.41, 5.74) is 1.93. The molecule has 2 N–H and O–H groups in total. The fourth-order valence-electron chi connectivity index (χ4n) is 5.38. The maximum atomic E-state index is 13.5. The van der Waals surface area contributed by atoms with Gasteiger partial charge in [-0.05, 0) is 86.7 Å². The summed E-state index contributed by atoms with van der Waals surface area (Å²) in [5, 5.41) is 11.9. The third kappa shape index (κ3) is 6.23. The van der Waals surface area contributed by atoms with E-state index in [1.807, 2.05) is 48.5 Å². The van der Waals surface area contributed by atoms with E-state index in [-0.39, 0.29) is 29.2 Å². The normalized spacial score (nSPS) is 16.7. The molecule has 0 amide bonds. The largest absolute Gasteiger partial charge is 0.365 e. The molecule has 1 aromatic heterocycles. The molecule has 3 aromatic carbocycles. The first kappa shape index (κ1) is 25.1. The average Bonchev–Trinajstić information content (AvgIpc) is 3.15. The van der Waals surface area contributed by atoms with Crippen molar-refractivity contribution < 1.29 is 8.78 Å². The van der Waals surface area contributed by atoms with E-state index >= 15 is 0 Å². The molecule has 1 unspecified atom stereocenters. The lowest BCUT2D eigenvalue weighted by Gasteiger charge is -2.23. The molecular formula is C30H32F2N4O. The van der Waals surface area contributed by atoms with Crippen molar-refractivity contribution in [3.63, 3.8) is 0 Å². The summed E-state index contributed by atoms with van der Waals surface area (Å²) in [6.45, 7) is 3.00. The molecule has 0 saturated carbocycles. The monoisotopic (exact) mass is 502 g/mol. The van der Waals surface area contributed by atoms with E-state index in [0.29, 0.717) is 5.39 Å². The van der Waals surface area contributed by atoms with Gasteiger partial charge in [0.1, 0.15) is 11.6 Å². The Morgan fingerprint density at radius 3 is 2.22 bits per heavy atom. The van der Waals surface area contributed by atoms with Crippen LogP contribution in [0, 0.1) is 11.6 Å². The third-order valence-electron chi connectivity index (χ3n) is 7.37. The second kappa shape index (κ2) is 11.6. The second-order valence-corrected chi connectivity index (χ2v) is 9.86. The van der Waals surface area contributed by atoms with E-state index in [0.717, 1.165) is 74.1 Å². The molecule has 5 nitrogen and oxygen atoms in total. The lowest BCUT2D eigenvalue weighted by Crippen LogP contribution is -2.28. The van der Waals surface area contributed by atoms with Gasteiger partial charge in [0.15, 0.2) is 5.82 Å². The van der Waals surface area contributed by atoms with Gasteiger partial charge in [-0.2, -0.15) is 5.10 Å². The Kier molecular flexibility index (Phi) is 7.90. The van der Waals surface area contributed by atoms with Gasteiger partial charge in [0, 0.05) is 23.9 Å². The predicted octanol–water partition coefficient (Wildman–Crippen LogP) is 6.08. The molecule has 0 aliphatic carbocycles. The molecule has 1 aliphatic heterocycles. The molecule has 0 radical (unpaired) electrons. The van der Waals surface area contributed by atoms with Crippen LogP contribution >= 0.6 is 0 Å². The second-order valence-electron chi connectivity index (χ2n) is 9.86. The first-order chi connectivity index (χ1) is 18.1. The molecule has 4 aromatic rings. The van der Waals surface area contributed by atoms with Gasteiger partial charge in [-0.15, -0.1) is 0 Å². The zero-order chi connectivity index (χ0) is 25.6. The van der Waals surface area contributed by atoms with Gasteiger partial charge >= 0.3 is 0 Å². The highest BCUT2D eigenvalue weighted by Gasteiger charge is 2.20. The number of hydrogen-bond donors (Lipinski definition) is 2. The Morgan fingerprint density at radius 1 is 0.892 bits per heavy atom. The molecule has 5 rings (SSSR count). The number of rotatable bonds is 8. The van der Waals surface area contributed by atoms with E-state index < -0.39 is 0 Å². The van der Waals surface area contributed by atoms with Crippen LogP contribution in [0.15, 0.2) is 77.6 Å². The van der Waals surface area contributed by atoms with Gasteiger partial charge < -0.3 is 10.2 Å². The molecule has 1 atom stereocenters. The number of H-pyrrole nitrogens is 1. The minimum atomic E-state index is -0.251. The van der Waals surface area contributed by atoms with Crippen LogP contribution < -0.4 is 10.9 Å². The Hall–Kier alpha value is -3.58. The minimum Gasteiger partial charge on any atom is -0.365 e. The van der Waals surface area contributed by atoms with Crippen molar-refractivity contribution in [3.05, 3.63) is 106 Å². The summed E-state index contributed by atoms with van der Waals surface area (Å²) in [5.74, 6) is 0.330. The van der Waals surface area contributed by atoms with Crippen LogP contribution in [0.1, 0.15) is 49.1 Å². The van der Waals surface area contributed by atoms with E-state index in [2.05, 4.69) is 20.4 Å². The van der Waals surface area contributed by atoms with Crippen LogP contribution in [-0.2, 0) is 0 Å². The third-order valence-corrected chi connectivity index (χ3v) is 7.37. The molecule has 0 spiro atoms. The van der Waals surface area contributed by atoms with Crippen molar-refractivity contribution >= 4 is 16.6 Å². The molecular weight excluding hydrogens is 470 g/mol. The van der Waals surface area contributed by atoms with Crippen LogP contribution in [0.3, 0.4) is 0 Å². The molecule has 1 aliphatic rings. The Morgan fingerprint density at radius 2 is 1.54 bits per heavy atom. The molecule has 0 bridgehead atoms. The first-order valence-electron chi connectivity index (χ1n) is 13.0. The Labute approximate surface area is 215 Å². The van der Waals surface area contributed by atoms with E-state index in [4.69, 9.17) is 0 Å². The minimum absolute atomic E-state index is 0.0992. The highest BCUT2D eigenvalue weighted by atomic mass is 19.1. The topological polar surface area (TPSA) is 61.0 Å². The van der Waals surface area contributed by atoms with Crippen LogP contribution in [-0.4, -0.2) is 40.8 Å². The van der Waals surface area contributed by atoms with Gasteiger partial charge in [-0.3, -0.25) is 4.79 Å². The van der Waals surface area contributed by atoms with Crippen LogP contribution in [0.25, 0.3) is 10.8 Å². The van der Waals surface area contributed by atoms with Gasteiger partial charge in [0.05, 0.1) is 5.39 Å². The SMILES string of the molecule is O=c1[nH]nc(NC2CCCN(CCCC(c3ccc(F)cc3)c3ccc(F)cc3)CC2)c2ccccc12. The fourth-order valence-corrected chi connectivity index (χ4v) is 5.38. The number of aromatic amines is 1. The number of aromatic nitrogens is 2. The molecule has 192 valence electrons. The van der Waals surface area contributed by atoms with Gasteiger partial charge in [-0.1, -0.05) is 42.5 Å². The average molecular weight is 503 g/mol. The number of halogens is 2. The maximum absolute atomic E-state index is 13.5. The highest BCUT2D eigenvalue weighted by Crippen LogP contribution is 2.30. The number of anilines is 1. The molecule has 1 saturated heterocycles. The van der Waals surface area contributed by atoms with Gasteiger partial charge in [0.25, 0.3) is 5.56 Å². The highest BCUT2D eigenvalue weighted by molar-refractivity contribution is 5.90. The van der Waals surface area contributed by atoms with Crippen molar-refractivity contribution in [2.75, 3.05) is 25.0 Å². The van der Waals surface area contributed by atoms with Crippen molar-refractivity contribution in [2.24, 2.45) is 0 Å². The Bertz CT molecular complexity index is 1330. The van der Waals surface area contributed by atoms with Gasteiger partial charge in [0.2, 0.25) is 0 Å². The summed E-state index contributed by atoms with van der Waals surface area (Å²) in [6, 6.07) is 21.1. The van der Waals surface area contributed by atoms with Crippen molar-refractivity contribution in [1.82, 2.24) is 15.1 Å². The smallest absolute Gasteiger partial charge is 0.272 e. The predicted molar refractivity (Wildman–Crippen MR) is 144 cm³/mol. The summed E-state index contributed by atoms with van der Waals surface area (Å²) in [6.07, 6.45) is 5.01. The number of nitrogens with one attached hydrogen (secondary N) is 2. The molecule has 2 heterocycles. The zero-order valence-corrected chi connectivity index (χ0v) is 20.8. The summed E-state index contributed by atoms with van der Waals surface area (Å²) >= 11 is 0. The van der Waals surface area contributed by atoms with Crippen molar-refractivity contribution in [3.8, 4) is 0 Å². The Balaban J connectivity index is 1.19. The number of hydrogen-bond acceptors (Lipinski definition) is 4. The number of benzene rings is 3. The number of nitrogens with zero attached hydrogens (tertiary/aromatic N) is 2. The van der Waals surface area contributed by atoms with Crippen LogP contribution in [0.4, 0.5) is 14.6 Å². The van der Waals surface area contributed by atoms with E-state index in [1.165, 1.54) is 24.3 Å². The van der Waals surface area contributed by atoms with Crippen molar-refractivity contribution in [2.45, 2.75) is 44.1 Å². The molecule has 1 fully saturated rings. The summed E-state index contributed by atoms with van der Waals surface area (Å²) < 4.78 is 27.0. The fraction of sp³-hybridized carbons (Fsp3) is 0.333. The molecule has 37 heavy (non-hydrogen) atoms. The van der Waals surface area contributed by atoms with Crippen LogP contribution in [0.5, 0.6) is 0 Å². The number of fused-ring (bicyclic) bond motifs is 1. The summed E-state index contributed by atoms with van der Waals surface area (Å²) in [7, 11) is 0. The zero-order valence-electron chi connectivity index (χ0n) is 20.8. The summed E-state index contributed by atoms with van der Waals surface area (Å²) in [4.78, 5) is 14.6. The lowest BCUT2D eigenvalue weighted by atomic mass is 9.87. The van der Waals surface area contributed by atoms with Gasteiger partial charge in [-0.25, -0.2) is 13.9 Å². The molecule has 7 heteroatoms. The van der Waals surface area contributed by atoms with Crippen LogP contribution in [0.2, 0.25) is 0 Å².